The molecule has 0 fully saturated rings. The van der Waals surface area contributed by atoms with Crippen molar-refractivity contribution >= 4 is 11.7 Å². The van der Waals surface area contributed by atoms with Crippen LogP contribution in [0.5, 0.6) is 0 Å². The zero-order valence-electron chi connectivity index (χ0n) is 13.8. The zero-order valence-corrected chi connectivity index (χ0v) is 13.8. The highest BCUT2D eigenvalue weighted by molar-refractivity contribution is 5.73. The van der Waals surface area contributed by atoms with E-state index in [1.165, 1.54) is 17.5 Å². The second-order valence-corrected chi connectivity index (χ2v) is 6.08. The fraction of sp³-hybridized carbons (Fsp3) is 0.389. The van der Waals surface area contributed by atoms with E-state index in [4.69, 9.17) is 4.42 Å². The summed E-state index contributed by atoms with van der Waals surface area (Å²) in [4.78, 5) is 14.1. The highest BCUT2D eigenvalue weighted by atomic mass is 16.4. The molecule has 1 aromatic carbocycles. The van der Waals surface area contributed by atoms with Gasteiger partial charge in [0.05, 0.1) is 12.8 Å². The number of aryl methyl sites for hydroxylation is 1. The average Bonchev–Trinajstić information content (AvgIpc) is 3.12. The fourth-order valence-electron chi connectivity index (χ4n) is 2.96. The molecule has 1 aliphatic rings. The maximum absolute atomic E-state index is 11.9. The molecule has 1 atom stereocenters. The van der Waals surface area contributed by atoms with Gasteiger partial charge in [-0.15, -0.1) is 0 Å². The molecule has 128 valence electrons. The summed E-state index contributed by atoms with van der Waals surface area (Å²) >= 11 is 0. The number of rotatable bonds is 5. The number of benzene rings is 1. The van der Waals surface area contributed by atoms with Crippen molar-refractivity contribution in [2.75, 3.05) is 25.0 Å². The Morgan fingerprint density at radius 1 is 1.38 bits per heavy atom. The van der Waals surface area contributed by atoms with Gasteiger partial charge in [0, 0.05) is 25.8 Å². The molecule has 2 heterocycles. The summed E-state index contributed by atoms with van der Waals surface area (Å²) < 4.78 is 5.09. The minimum atomic E-state index is -0.843. The molecule has 0 saturated carbocycles. The van der Waals surface area contributed by atoms with Crippen molar-refractivity contribution in [1.29, 1.82) is 0 Å². The van der Waals surface area contributed by atoms with Gasteiger partial charge in [0.25, 0.3) is 0 Å². The SMILES string of the molecule is CN1CCCc2cc(CNC(=O)NCC(O)c3ccco3)ccc21. The van der Waals surface area contributed by atoms with Crippen molar-refractivity contribution in [3.05, 3.63) is 53.5 Å². The average molecular weight is 329 g/mol. The Hall–Kier alpha value is -2.47. The van der Waals surface area contributed by atoms with E-state index < -0.39 is 6.10 Å². The van der Waals surface area contributed by atoms with Gasteiger partial charge in [-0.2, -0.15) is 0 Å². The molecule has 1 aromatic heterocycles. The molecule has 3 N–H and O–H groups in total. The number of carbonyl (C=O) groups is 1. The van der Waals surface area contributed by atoms with Gasteiger partial charge in [0.1, 0.15) is 11.9 Å². The summed E-state index contributed by atoms with van der Waals surface area (Å²) in [6.07, 6.45) is 2.89. The third-order valence-corrected chi connectivity index (χ3v) is 4.28. The number of amides is 2. The number of hydrogen-bond donors (Lipinski definition) is 3. The summed E-state index contributed by atoms with van der Waals surface area (Å²) in [5.74, 6) is 0.439. The predicted molar refractivity (Wildman–Crippen MR) is 91.9 cm³/mol. The highest BCUT2D eigenvalue weighted by Gasteiger charge is 2.14. The molecule has 0 spiro atoms. The summed E-state index contributed by atoms with van der Waals surface area (Å²) in [6.45, 7) is 1.65. The van der Waals surface area contributed by atoms with Gasteiger partial charge < -0.3 is 25.1 Å². The number of nitrogens with one attached hydrogen (secondary N) is 2. The number of anilines is 1. The van der Waals surface area contributed by atoms with E-state index in [1.54, 1.807) is 12.1 Å². The maximum atomic E-state index is 11.9. The lowest BCUT2D eigenvalue weighted by Gasteiger charge is -2.27. The van der Waals surface area contributed by atoms with Crippen LogP contribution in [0.2, 0.25) is 0 Å². The van der Waals surface area contributed by atoms with Crippen LogP contribution in [0.25, 0.3) is 0 Å². The molecule has 0 saturated heterocycles. The lowest BCUT2D eigenvalue weighted by Crippen LogP contribution is -2.37. The minimum absolute atomic E-state index is 0.105. The Labute approximate surface area is 141 Å². The molecular formula is C18H23N3O3. The first kappa shape index (κ1) is 16.4. The number of furan rings is 1. The van der Waals surface area contributed by atoms with Gasteiger partial charge in [-0.1, -0.05) is 12.1 Å². The first-order valence-electron chi connectivity index (χ1n) is 8.19. The first-order chi connectivity index (χ1) is 11.6. The van der Waals surface area contributed by atoms with Crippen molar-refractivity contribution in [1.82, 2.24) is 10.6 Å². The van der Waals surface area contributed by atoms with Gasteiger partial charge in [0.2, 0.25) is 0 Å². The fourth-order valence-corrected chi connectivity index (χ4v) is 2.96. The molecule has 6 nitrogen and oxygen atoms in total. The molecule has 0 aliphatic carbocycles. The Kier molecular flexibility index (Phi) is 5.05. The quantitative estimate of drug-likeness (QED) is 0.786. The van der Waals surface area contributed by atoms with Crippen LogP contribution in [0.15, 0.2) is 41.0 Å². The smallest absolute Gasteiger partial charge is 0.315 e. The van der Waals surface area contributed by atoms with Crippen LogP contribution < -0.4 is 15.5 Å². The molecule has 6 heteroatoms. The number of urea groups is 1. The molecule has 0 radical (unpaired) electrons. The Morgan fingerprint density at radius 3 is 3.04 bits per heavy atom. The van der Waals surface area contributed by atoms with Crippen LogP contribution >= 0.6 is 0 Å². The topological polar surface area (TPSA) is 77.7 Å². The van der Waals surface area contributed by atoms with E-state index in [0.717, 1.165) is 24.9 Å². The summed E-state index contributed by atoms with van der Waals surface area (Å²) in [6, 6.07) is 9.38. The zero-order chi connectivity index (χ0) is 16.9. The molecule has 24 heavy (non-hydrogen) atoms. The van der Waals surface area contributed by atoms with Gasteiger partial charge in [-0.3, -0.25) is 0 Å². The van der Waals surface area contributed by atoms with Gasteiger partial charge in [0.15, 0.2) is 0 Å². The largest absolute Gasteiger partial charge is 0.467 e. The number of hydrogen-bond acceptors (Lipinski definition) is 4. The Bertz CT molecular complexity index is 685. The number of fused-ring (bicyclic) bond motifs is 1. The second kappa shape index (κ2) is 7.40. The summed E-state index contributed by atoms with van der Waals surface area (Å²) in [7, 11) is 2.10. The van der Waals surface area contributed by atoms with Crippen molar-refractivity contribution in [3.63, 3.8) is 0 Å². The Morgan fingerprint density at radius 2 is 2.25 bits per heavy atom. The summed E-state index contributed by atoms with van der Waals surface area (Å²) in [5.41, 5.74) is 3.68. The number of aliphatic hydroxyl groups excluding tert-OH is 1. The third kappa shape index (κ3) is 3.89. The van der Waals surface area contributed by atoms with Crippen molar-refractivity contribution in [2.45, 2.75) is 25.5 Å². The van der Waals surface area contributed by atoms with Crippen molar-refractivity contribution < 1.29 is 14.3 Å². The monoisotopic (exact) mass is 329 g/mol. The molecule has 1 unspecified atom stereocenters. The normalized spacial score (nSPS) is 14.8. The number of nitrogens with zero attached hydrogens (tertiary/aromatic N) is 1. The third-order valence-electron chi connectivity index (χ3n) is 4.28. The van der Waals surface area contributed by atoms with E-state index >= 15 is 0 Å². The lowest BCUT2D eigenvalue weighted by atomic mass is 9.99. The van der Waals surface area contributed by atoms with E-state index in [9.17, 15) is 9.90 Å². The predicted octanol–water partition coefficient (Wildman–Crippen LogP) is 2.19. The van der Waals surface area contributed by atoms with E-state index in [1.807, 2.05) is 6.07 Å². The molecule has 2 aromatic rings. The van der Waals surface area contributed by atoms with Crippen LogP contribution in [0, 0.1) is 0 Å². The number of aliphatic hydroxyl groups is 1. The van der Waals surface area contributed by atoms with Gasteiger partial charge in [-0.25, -0.2) is 4.79 Å². The maximum Gasteiger partial charge on any atom is 0.315 e. The molecule has 1 aliphatic heterocycles. The van der Waals surface area contributed by atoms with Gasteiger partial charge in [-0.05, 0) is 42.2 Å². The molecule has 3 rings (SSSR count). The van der Waals surface area contributed by atoms with Crippen LogP contribution in [-0.4, -0.2) is 31.3 Å². The Balaban J connectivity index is 1.48. The van der Waals surface area contributed by atoms with Crippen molar-refractivity contribution in [3.8, 4) is 0 Å². The van der Waals surface area contributed by atoms with Crippen molar-refractivity contribution in [2.24, 2.45) is 0 Å². The lowest BCUT2D eigenvalue weighted by molar-refractivity contribution is 0.148. The first-order valence-corrected chi connectivity index (χ1v) is 8.19. The highest BCUT2D eigenvalue weighted by Crippen LogP contribution is 2.26. The van der Waals surface area contributed by atoms with E-state index in [2.05, 4.69) is 34.7 Å². The standard InChI is InChI=1S/C18H23N3O3/c1-21-8-2-4-14-10-13(6-7-15(14)21)11-19-18(23)20-12-16(22)17-5-3-9-24-17/h3,5-7,9-10,16,22H,2,4,8,11-12H2,1H3,(H2,19,20,23). The molecule has 2 amide bonds. The van der Waals surface area contributed by atoms with Gasteiger partial charge >= 0.3 is 6.03 Å². The second-order valence-electron chi connectivity index (χ2n) is 6.08. The minimum Gasteiger partial charge on any atom is -0.467 e. The van der Waals surface area contributed by atoms with Crippen LogP contribution in [0.3, 0.4) is 0 Å². The summed E-state index contributed by atoms with van der Waals surface area (Å²) in [5, 5.41) is 15.3. The van der Waals surface area contributed by atoms with E-state index in [-0.39, 0.29) is 12.6 Å². The van der Waals surface area contributed by atoms with E-state index in [0.29, 0.717) is 12.3 Å². The van der Waals surface area contributed by atoms with Crippen LogP contribution in [0.4, 0.5) is 10.5 Å². The molecule has 0 bridgehead atoms. The molecular weight excluding hydrogens is 306 g/mol. The number of carbonyl (C=O) groups excluding carboxylic acids is 1. The van der Waals surface area contributed by atoms with Crippen LogP contribution in [-0.2, 0) is 13.0 Å². The van der Waals surface area contributed by atoms with Crippen LogP contribution in [0.1, 0.15) is 29.4 Å².